The third-order valence-electron chi connectivity index (χ3n) is 5.36. The van der Waals surface area contributed by atoms with Crippen molar-refractivity contribution in [2.45, 2.75) is 19.9 Å². The first-order valence-electron chi connectivity index (χ1n) is 9.86. The Morgan fingerprint density at radius 2 is 1.97 bits per heavy atom. The van der Waals surface area contributed by atoms with Crippen molar-refractivity contribution in [2.75, 3.05) is 44.3 Å². The number of rotatable bonds is 4. The van der Waals surface area contributed by atoms with Crippen LogP contribution < -0.4 is 11.1 Å². The van der Waals surface area contributed by atoms with Crippen molar-refractivity contribution in [3.8, 4) is 0 Å². The van der Waals surface area contributed by atoms with E-state index in [2.05, 4.69) is 40.2 Å². The fourth-order valence-electron chi connectivity index (χ4n) is 3.68. The summed E-state index contributed by atoms with van der Waals surface area (Å²) in [7, 11) is 2.07. The Bertz CT molecular complexity index is 1020. The molecule has 3 heterocycles. The summed E-state index contributed by atoms with van der Waals surface area (Å²) in [4.78, 5) is 26.0. The molecule has 8 heteroatoms. The van der Waals surface area contributed by atoms with Crippen molar-refractivity contribution in [1.29, 1.82) is 0 Å². The lowest BCUT2D eigenvalue weighted by molar-refractivity contribution is 0.0659. The Balaban J connectivity index is 1.58. The Labute approximate surface area is 170 Å². The molecule has 2 aromatic heterocycles. The number of hydrogen-bond acceptors (Lipinski definition) is 6. The van der Waals surface area contributed by atoms with E-state index >= 15 is 0 Å². The molecule has 152 valence electrons. The molecule has 0 bridgehead atoms. The SMILES string of the molecule is Cc1cc(N)cc([C@@H](C)Nc2nccn3cc(C(=O)N4CCN(C)CC4)nc23)c1. The van der Waals surface area contributed by atoms with Gasteiger partial charge in [-0.15, -0.1) is 0 Å². The smallest absolute Gasteiger partial charge is 0.274 e. The van der Waals surface area contributed by atoms with Gasteiger partial charge in [0, 0.05) is 50.5 Å². The number of aromatic nitrogens is 3. The van der Waals surface area contributed by atoms with E-state index in [4.69, 9.17) is 5.73 Å². The second-order valence-electron chi connectivity index (χ2n) is 7.77. The largest absolute Gasteiger partial charge is 0.399 e. The van der Waals surface area contributed by atoms with Crippen LogP contribution in [-0.4, -0.2) is 63.3 Å². The molecule has 0 unspecified atom stereocenters. The number of nitrogens with one attached hydrogen (secondary N) is 1. The van der Waals surface area contributed by atoms with Gasteiger partial charge in [-0.05, 0) is 44.2 Å². The molecule has 0 saturated carbocycles. The van der Waals surface area contributed by atoms with Gasteiger partial charge in [-0.25, -0.2) is 9.97 Å². The summed E-state index contributed by atoms with van der Waals surface area (Å²) in [5, 5.41) is 3.41. The van der Waals surface area contributed by atoms with Gasteiger partial charge < -0.3 is 25.3 Å². The minimum absolute atomic E-state index is 0.00983. The lowest BCUT2D eigenvalue weighted by Gasteiger charge is -2.31. The van der Waals surface area contributed by atoms with Gasteiger partial charge in [-0.3, -0.25) is 4.79 Å². The Hall–Kier alpha value is -3.13. The zero-order valence-electron chi connectivity index (χ0n) is 17.1. The number of likely N-dealkylation sites (N-methyl/N-ethyl adjacent to an activating group) is 1. The summed E-state index contributed by atoms with van der Waals surface area (Å²) in [6, 6.07) is 5.99. The van der Waals surface area contributed by atoms with E-state index in [1.165, 1.54) is 0 Å². The number of piperazine rings is 1. The van der Waals surface area contributed by atoms with E-state index in [0.29, 0.717) is 17.2 Å². The molecule has 1 saturated heterocycles. The molecule has 1 amide bonds. The molecular weight excluding hydrogens is 366 g/mol. The first-order valence-corrected chi connectivity index (χ1v) is 9.86. The predicted octanol–water partition coefficient (Wildman–Crippen LogP) is 2.18. The van der Waals surface area contributed by atoms with Crippen LogP contribution in [0.3, 0.4) is 0 Å². The van der Waals surface area contributed by atoms with Gasteiger partial charge in [-0.2, -0.15) is 0 Å². The molecule has 0 aliphatic carbocycles. The van der Waals surface area contributed by atoms with E-state index in [-0.39, 0.29) is 11.9 Å². The number of nitrogens with zero attached hydrogens (tertiary/aromatic N) is 5. The molecule has 1 fully saturated rings. The van der Waals surface area contributed by atoms with Gasteiger partial charge in [0.1, 0.15) is 5.69 Å². The lowest BCUT2D eigenvalue weighted by Crippen LogP contribution is -2.47. The zero-order valence-corrected chi connectivity index (χ0v) is 17.1. The van der Waals surface area contributed by atoms with Crippen LogP contribution in [0.2, 0.25) is 0 Å². The zero-order chi connectivity index (χ0) is 20.5. The molecule has 3 aromatic rings. The molecule has 8 nitrogen and oxygen atoms in total. The molecule has 1 aromatic carbocycles. The highest BCUT2D eigenvalue weighted by Gasteiger charge is 2.23. The van der Waals surface area contributed by atoms with Gasteiger partial charge in [0.2, 0.25) is 0 Å². The molecular formula is C21H27N7O. The van der Waals surface area contributed by atoms with Crippen molar-refractivity contribution in [3.05, 3.63) is 53.6 Å². The van der Waals surface area contributed by atoms with Gasteiger partial charge in [0.05, 0.1) is 6.04 Å². The highest BCUT2D eigenvalue weighted by molar-refractivity contribution is 5.93. The van der Waals surface area contributed by atoms with Crippen molar-refractivity contribution in [3.63, 3.8) is 0 Å². The highest BCUT2D eigenvalue weighted by Crippen LogP contribution is 2.24. The number of amides is 1. The molecule has 4 rings (SSSR count). The van der Waals surface area contributed by atoms with Crippen LogP contribution in [0, 0.1) is 6.92 Å². The molecule has 3 N–H and O–H groups in total. The van der Waals surface area contributed by atoms with Crippen LogP contribution in [0.5, 0.6) is 0 Å². The Morgan fingerprint density at radius 1 is 1.21 bits per heavy atom. The number of fused-ring (bicyclic) bond motifs is 1. The third kappa shape index (κ3) is 4.02. The number of imidazole rings is 1. The number of carbonyl (C=O) groups is 1. The molecule has 29 heavy (non-hydrogen) atoms. The van der Waals surface area contributed by atoms with Gasteiger partial charge in [0.25, 0.3) is 5.91 Å². The average Bonchev–Trinajstić information content (AvgIpc) is 3.12. The second-order valence-corrected chi connectivity index (χ2v) is 7.77. The number of aryl methyl sites for hydroxylation is 1. The van der Waals surface area contributed by atoms with Gasteiger partial charge >= 0.3 is 0 Å². The molecule has 1 aliphatic rings. The number of carbonyl (C=O) groups excluding carboxylic acids is 1. The van der Waals surface area contributed by atoms with Crippen molar-refractivity contribution in [2.24, 2.45) is 0 Å². The quantitative estimate of drug-likeness (QED) is 0.660. The summed E-state index contributed by atoms with van der Waals surface area (Å²) < 4.78 is 1.84. The monoisotopic (exact) mass is 393 g/mol. The fraction of sp³-hybridized carbons (Fsp3) is 0.381. The fourth-order valence-corrected chi connectivity index (χ4v) is 3.68. The maximum atomic E-state index is 12.9. The summed E-state index contributed by atoms with van der Waals surface area (Å²) in [5.41, 5.74) is 10.00. The average molecular weight is 393 g/mol. The maximum Gasteiger partial charge on any atom is 0.274 e. The first kappa shape index (κ1) is 19.2. The molecule has 0 radical (unpaired) electrons. The normalized spacial score (nSPS) is 16.2. The number of benzene rings is 1. The van der Waals surface area contributed by atoms with Crippen molar-refractivity contribution in [1.82, 2.24) is 24.2 Å². The Morgan fingerprint density at radius 3 is 2.69 bits per heavy atom. The van der Waals surface area contributed by atoms with E-state index in [1.807, 2.05) is 34.6 Å². The van der Waals surface area contributed by atoms with Crippen molar-refractivity contribution < 1.29 is 4.79 Å². The summed E-state index contributed by atoms with van der Waals surface area (Å²) >= 11 is 0. The second kappa shape index (κ2) is 7.71. The minimum Gasteiger partial charge on any atom is -0.399 e. The van der Waals surface area contributed by atoms with Crippen LogP contribution in [0.15, 0.2) is 36.8 Å². The lowest BCUT2D eigenvalue weighted by atomic mass is 10.0. The van der Waals surface area contributed by atoms with Gasteiger partial charge in [-0.1, -0.05) is 6.07 Å². The number of nitrogen functional groups attached to an aromatic ring is 1. The van der Waals surface area contributed by atoms with E-state index in [9.17, 15) is 4.79 Å². The standard InChI is InChI=1S/C21H27N7O/c1-14-10-16(12-17(22)11-14)15(2)24-19-20-25-18(13-28(20)5-4-23-19)21(29)27-8-6-26(3)7-9-27/h4-5,10-13,15H,6-9,22H2,1-3H3,(H,23,24)/t15-/m1/s1. The van der Waals surface area contributed by atoms with Crippen molar-refractivity contribution >= 4 is 23.1 Å². The Kier molecular flexibility index (Phi) is 5.10. The van der Waals surface area contributed by atoms with E-state index in [0.717, 1.165) is 43.0 Å². The number of hydrogen-bond donors (Lipinski definition) is 2. The van der Waals surface area contributed by atoms with Crippen LogP contribution >= 0.6 is 0 Å². The third-order valence-corrected chi connectivity index (χ3v) is 5.36. The summed E-state index contributed by atoms with van der Waals surface area (Å²) in [6.45, 7) is 7.28. The molecule has 0 spiro atoms. The first-order chi connectivity index (χ1) is 13.9. The topological polar surface area (TPSA) is 91.8 Å². The van der Waals surface area contributed by atoms with Crippen LogP contribution in [0.4, 0.5) is 11.5 Å². The highest BCUT2D eigenvalue weighted by atomic mass is 16.2. The summed E-state index contributed by atoms with van der Waals surface area (Å²) in [6.07, 6.45) is 5.29. The van der Waals surface area contributed by atoms with Crippen LogP contribution in [0.25, 0.3) is 5.65 Å². The maximum absolute atomic E-state index is 12.9. The summed E-state index contributed by atoms with van der Waals surface area (Å²) in [5.74, 6) is 0.602. The van der Waals surface area contributed by atoms with Crippen LogP contribution in [0.1, 0.15) is 34.6 Å². The number of anilines is 2. The van der Waals surface area contributed by atoms with E-state index in [1.54, 1.807) is 12.4 Å². The van der Waals surface area contributed by atoms with Gasteiger partial charge in [0.15, 0.2) is 11.5 Å². The van der Waals surface area contributed by atoms with E-state index < -0.39 is 0 Å². The number of nitrogens with two attached hydrogens (primary N) is 1. The molecule has 1 atom stereocenters. The molecule has 1 aliphatic heterocycles. The van der Waals surface area contributed by atoms with Crippen LogP contribution in [-0.2, 0) is 0 Å². The predicted molar refractivity (Wildman–Crippen MR) is 114 cm³/mol. The minimum atomic E-state index is -0.0349.